The van der Waals surface area contributed by atoms with Crippen molar-refractivity contribution in [3.63, 3.8) is 0 Å². The van der Waals surface area contributed by atoms with E-state index in [1.54, 1.807) is 12.4 Å². The van der Waals surface area contributed by atoms with Gasteiger partial charge in [0.05, 0.1) is 23.8 Å². The molecule has 1 aromatic carbocycles. The number of oxazole rings is 1. The number of halogens is 1. The van der Waals surface area contributed by atoms with Crippen molar-refractivity contribution in [3.8, 4) is 11.3 Å². The Labute approximate surface area is 151 Å². The van der Waals surface area contributed by atoms with Crippen molar-refractivity contribution in [3.05, 3.63) is 50.4 Å². The Morgan fingerprint density at radius 3 is 3.00 bits per heavy atom. The molecule has 6 nitrogen and oxygen atoms in total. The van der Waals surface area contributed by atoms with Crippen molar-refractivity contribution < 1.29 is 4.42 Å². The quantitative estimate of drug-likeness (QED) is 0.358. The highest BCUT2D eigenvalue weighted by Gasteiger charge is 2.07. The smallest absolute Gasteiger partial charge is 0.181 e. The van der Waals surface area contributed by atoms with Crippen LogP contribution in [0.3, 0.4) is 0 Å². The molecule has 0 saturated carbocycles. The fourth-order valence-corrected chi connectivity index (χ4v) is 3.43. The molecule has 0 aliphatic rings. The average Bonchev–Trinajstić information content (AvgIpc) is 3.18. The normalized spacial score (nSPS) is 12.7. The van der Waals surface area contributed by atoms with Gasteiger partial charge in [-0.3, -0.25) is 5.43 Å². The van der Waals surface area contributed by atoms with E-state index in [9.17, 15) is 0 Å². The summed E-state index contributed by atoms with van der Waals surface area (Å²) in [5.74, 6) is 0.746. The van der Waals surface area contributed by atoms with Gasteiger partial charge in [0.25, 0.3) is 0 Å². The molecule has 23 heavy (non-hydrogen) atoms. The molecule has 0 radical (unpaired) electrons. The number of nitrogens with two attached hydrogens (primary N) is 1. The van der Waals surface area contributed by atoms with E-state index in [1.807, 2.05) is 30.5 Å². The van der Waals surface area contributed by atoms with Crippen molar-refractivity contribution >= 4 is 45.8 Å². The summed E-state index contributed by atoms with van der Waals surface area (Å²) in [6.07, 6.45) is 4.81. The van der Waals surface area contributed by atoms with Gasteiger partial charge in [0.1, 0.15) is 5.01 Å². The first-order valence-corrected chi connectivity index (χ1v) is 8.78. The number of hydrogen-bond acceptors (Lipinski definition) is 7. The molecule has 3 N–H and O–H groups in total. The van der Waals surface area contributed by atoms with E-state index in [2.05, 4.69) is 43.1 Å². The van der Waals surface area contributed by atoms with Crippen molar-refractivity contribution in [2.24, 2.45) is 10.8 Å². The van der Waals surface area contributed by atoms with Crippen molar-refractivity contribution in [2.75, 3.05) is 5.43 Å². The molecule has 0 aliphatic heterocycles. The van der Waals surface area contributed by atoms with Crippen molar-refractivity contribution in [2.45, 2.75) is 13.0 Å². The van der Waals surface area contributed by atoms with E-state index >= 15 is 0 Å². The monoisotopic (exact) mass is 439 g/mol. The van der Waals surface area contributed by atoms with Gasteiger partial charge in [0.2, 0.25) is 0 Å². The van der Waals surface area contributed by atoms with Gasteiger partial charge in [-0.15, -0.1) is 11.3 Å². The van der Waals surface area contributed by atoms with E-state index in [1.165, 1.54) is 17.7 Å². The minimum Gasteiger partial charge on any atom is -0.443 e. The molecule has 3 aromatic rings. The van der Waals surface area contributed by atoms with Crippen LogP contribution < -0.4 is 11.2 Å². The zero-order valence-corrected chi connectivity index (χ0v) is 15.2. The Hall–Kier alpha value is -1.78. The molecule has 0 bridgehead atoms. The first-order valence-electron chi connectivity index (χ1n) is 6.82. The second kappa shape index (κ2) is 7.20. The maximum Gasteiger partial charge on any atom is 0.181 e. The molecule has 0 amide bonds. The summed E-state index contributed by atoms with van der Waals surface area (Å²) in [5, 5.41) is 6.97. The van der Waals surface area contributed by atoms with Crippen LogP contribution in [0.1, 0.15) is 23.7 Å². The van der Waals surface area contributed by atoms with Crippen LogP contribution in [0.5, 0.6) is 0 Å². The number of nitrogens with one attached hydrogen (secondary N) is 1. The third-order valence-electron chi connectivity index (χ3n) is 3.04. The zero-order chi connectivity index (χ0) is 16.2. The van der Waals surface area contributed by atoms with E-state index in [0.29, 0.717) is 0 Å². The highest BCUT2D eigenvalue weighted by Crippen LogP contribution is 2.27. The van der Waals surface area contributed by atoms with Crippen LogP contribution in [0, 0.1) is 3.57 Å². The third kappa shape index (κ3) is 3.95. The highest BCUT2D eigenvalue weighted by atomic mass is 127. The summed E-state index contributed by atoms with van der Waals surface area (Å²) in [4.78, 5) is 8.33. The van der Waals surface area contributed by atoms with E-state index in [0.717, 1.165) is 31.3 Å². The molecular formula is C15H14IN5OS. The Morgan fingerprint density at radius 2 is 2.35 bits per heavy atom. The van der Waals surface area contributed by atoms with E-state index in [4.69, 9.17) is 10.2 Å². The molecule has 0 saturated heterocycles. The number of thiazole rings is 1. The first-order chi connectivity index (χ1) is 11.1. The Kier molecular flexibility index (Phi) is 5.03. The number of nitrogens with zero attached hydrogens (tertiary/aromatic N) is 3. The summed E-state index contributed by atoms with van der Waals surface area (Å²) in [5.41, 5.74) is 11.6. The summed E-state index contributed by atoms with van der Waals surface area (Å²) in [6, 6.07) is 5.83. The molecule has 8 heteroatoms. The second-order valence-electron chi connectivity index (χ2n) is 4.83. The Bertz CT molecular complexity index is 813. The van der Waals surface area contributed by atoms with Gasteiger partial charge >= 0.3 is 0 Å². The van der Waals surface area contributed by atoms with E-state index in [-0.39, 0.29) is 6.04 Å². The predicted molar refractivity (Wildman–Crippen MR) is 101 cm³/mol. The highest BCUT2D eigenvalue weighted by molar-refractivity contribution is 14.1. The fraction of sp³-hybridized carbons (Fsp3) is 0.133. The molecule has 1 atom stereocenters. The third-order valence-corrected chi connectivity index (χ3v) is 4.73. The number of rotatable bonds is 5. The summed E-state index contributed by atoms with van der Waals surface area (Å²) < 4.78 is 6.37. The van der Waals surface area contributed by atoms with Gasteiger partial charge < -0.3 is 10.2 Å². The molecule has 3 rings (SSSR count). The molecule has 1 unspecified atom stereocenters. The molecular weight excluding hydrogens is 425 g/mol. The van der Waals surface area contributed by atoms with E-state index < -0.39 is 0 Å². The fourth-order valence-electron chi connectivity index (χ4n) is 1.86. The van der Waals surface area contributed by atoms with Gasteiger partial charge in [0.15, 0.2) is 12.2 Å². The van der Waals surface area contributed by atoms with Gasteiger partial charge in [0, 0.05) is 20.6 Å². The summed E-state index contributed by atoms with van der Waals surface area (Å²) in [7, 11) is 0. The van der Waals surface area contributed by atoms with Crippen LogP contribution in [0.4, 0.5) is 5.69 Å². The van der Waals surface area contributed by atoms with Crippen LogP contribution in [0.25, 0.3) is 11.3 Å². The maximum atomic E-state index is 5.79. The maximum absolute atomic E-state index is 5.79. The predicted octanol–water partition coefficient (Wildman–Crippen LogP) is 3.87. The Balaban J connectivity index is 1.68. The van der Waals surface area contributed by atoms with Crippen molar-refractivity contribution in [1.82, 2.24) is 9.97 Å². The van der Waals surface area contributed by atoms with Crippen LogP contribution in [0.2, 0.25) is 0 Å². The molecule has 0 spiro atoms. The number of hydrogen-bond donors (Lipinski definition) is 2. The number of hydrazone groups is 1. The van der Waals surface area contributed by atoms with Crippen LogP contribution in [0.15, 0.2) is 45.7 Å². The lowest BCUT2D eigenvalue weighted by Crippen LogP contribution is -2.05. The van der Waals surface area contributed by atoms with Gasteiger partial charge in [-0.1, -0.05) is 0 Å². The molecule has 2 aromatic heterocycles. The molecule has 118 valence electrons. The summed E-state index contributed by atoms with van der Waals surface area (Å²) in [6.45, 7) is 1.91. The molecule has 0 aliphatic carbocycles. The van der Waals surface area contributed by atoms with Gasteiger partial charge in [-0.25, -0.2) is 9.97 Å². The standard InChI is InChI=1S/C15H14IN5OS/c1-9(17)13-7-23-15(20-13)6-19-21-10-2-3-11(12(16)4-10)14-5-18-8-22-14/h2-9,21H,17H2,1H3/b19-6+. The lowest BCUT2D eigenvalue weighted by atomic mass is 10.2. The zero-order valence-electron chi connectivity index (χ0n) is 12.2. The largest absolute Gasteiger partial charge is 0.443 e. The lowest BCUT2D eigenvalue weighted by Gasteiger charge is -2.04. The van der Waals surface area contributed by atoms with Crippen molar-refractivity contribution in [1.29, 1.82) is 0 Å². The summed E-state index contributed by atoms with van der Waals surface area (Å²) >= 11 is 3.77. The average molecular weight is 439 g/mol. The first kappa shape index (κ1) is 16.1. The molecule has 2 heterocycles. The van der Waals surface area contributed by atoms with Crippen LogP contribution in [-0.4, -0.2) is 16.2 Å². The number of benzene rings is 1. The second-order valence-corrected chi connectivity index (χ2v) is 6.88. The Morgan fingerprint density at radius 1 is 1.48 bits per heavy atom. The topological polar surface area (TPSA) is 89.3 Å². The van der Waals surface area contributed by atoms with Gasteiger partial charge in [-0.2, -0.15) is 5.10 Å². The van der Waals surface area contributed by atoms with Gasteiger partial charge in [-0.05, 0) is 47.7 Å². The van der Waals surface area contributed by atoms with Crippen LogP contribution >= 0.6 is 33.9 Å². The van der Waals surface area contributed by atoms with Crippen LogP contribution in [-0.2, 0) is 0 Å². The SMILES string of the molecule is CC(N)c1csc(/C=N/Nc2ccc(-c3cnco3)c(I)c2)n1. The lowest BCUT2D eigenvalue weighted by molar-refractivity contribution is 0.571. The minimum atomic E-state index is -0.0634. The molecule has 0 fully saturated rings. The number of anilines is 1. The minimum absolute atomic E-state index is 0.0634. The number of aromatic nitrogens is 2.